The first-order chi connectivity index (χ1) is 9.64. The third kappa shape index (κ3) is 2.94. The second-order valence-corrected chi connectivity index (χ2v) is 5.87. The number of hydrogen-bond donors (Lipinski definition) is 2. The summed E-state index contributed by atoms with van der Waals surface area (Å²) < 4.78 is 6.36. The van der Waals surface area contributed by atoms with E-state index in [1.165, 1.54) is 0 Å². The first-order valence-corrected chi connectivity index (χ1v) is 7.53. The fourth-order valence-electron chi connectivity index (χ4n) is 2.56. The molecule has 1 saturated heterocycles. The highest BCUT2D eigenvalue weighted by Gasteiger charge is 2.26. The van der Waals surface area contributed by atoms with Crippen LogP contribution in [0, 0.1) is 0 Å². The van der Waals surface area contributed by atoms with Gasteiger partial charge in [0.25, 0.3) is 6.01 Å². The first-order valence-electron chi connectivity index (χ1n) is 6.74. The van der Waals surface area contributed by atoms with Gasteiger partial charge in [-0.3, -0.25) is 4.90 Å². The van der Waals surface area contributed by atoms with Crippen LogP contribution in [0.2, 0.25) is 0 Å². The average Bonchev–Trinajstić information content (AvgIpc) is 2.79. The monoisotopic (exact) mass is 340 g/mol. The summed E-state index contributed by atoms with van der Waals surface area (Å²) in [4.78, 5) is 10.8. The Bertz CT molecular complexity index is 603. The van der Waals surface area contributed by atoms with Crippen molar-refractivity contribution < 1.29 is 9.52 Å². The molecular weight excluding hydrogens is 324 g/mol. The highest BCUT2D eigenvalue weighted by Crippen LogP contribution is 2.21. The number of oxazole rings is 1. The summed E-state index contributed by atoms with van der Waals surface area (Å²) in [6.07, 6.45) is 0.393. The maximum atomic E-state index is 9.88. The van der Waals surface area contributed by atoms with Gasteiger partial charge in [0.15, 0.2) is 5.58 Å². The summed E-state index contributed by atoms with van der Waals surface area (Å²) in [5.74, 6) is 0. The molecule has 0 aromatic carbocycles. The lowest BCUT2D eigenvalue weighted by Crippen LogP contribution is -2.48. The van der Waals surface area contributed by atoms with Crippen LogP contribution < -0.4 is 5.32 Å². The number of piperidine rings is 1. The van der Waals surface area contributed by atoms with Crippen molar-refractivity contribution in [1.29, 1.82) is 0 Å². The number of rotatable bonds is 3. The van der Waals surface area contributed by atoms with Crippen LogP contribution in [0.25, 0.3) is 11.2 Å². The maximum absolute atomic E-state index is 9.88. The Morgan fingerprint density at radius 2 is 2.30 bits per heavy atom. The molecule has 1 fully saturated rings. The summed E-state index contributed by atoms with van der Waals surface area (Å²) in [6, 6.07) is 4.25. The molecule has 0 bridgehead atoms. The molecule has 2 N–H and O–H groups in total. The third-order valence-corrected chi connectivity index (χ3v) is 3.94. The molecule has 0 amide bonds. The zero-order valence-corrected chi connectivity index (χ0v) is 12.8. The Labute approximate surface area is 125 Å². The molecule has 0 radical (unpaired) electrons. The second kappa shape index (κ2) is 5.67. The topological polar surface area (TPSA) is 74.4 Å². The van der Waals surface area contributed by atoms with E-state index in [1.54, 1.807) is 0 Å². The molecule has 1 aliphatic heterocycles. The van der Waals surface area contributed by atoms with Gasteiger partial charge in [-0.1, -0.05) is 6.92 Å². The fraction of sp³-hybridized carbons (Fsp3) is 0.538. The molecule has 7 heteroatoms. The van der Waals surface area contributed by atoms with E-state index in [4.69, 9.17) is 4.42 Å². The van der Waals surface area contributed by atoms with Crippen molar-refractivity contribution in [2.45, 2.75) is 25.5 Å². The first kappa shape index (κ1) is 13.8. The number of aliphatic hydroxyl groups excluding tert-OH is 1. The largest absolute Gasteiger partial charge is 0.422 e. The molecular formula is C13H17BrN4O2. The van der Waals surface area contributed by atoms with Crippen LogP contribution in [0.15, 0.2) is 21.2 Å². The van der Waals surface area contributed by atoms with Crippen molar-refractivity contribution in [2.75, 3.05) is 25.0 Å². The molecule has 0 saturated carbocycles. The standard InChI is InChI=1S/C13H17BrN4O2/c1-2-18-6-8(5-9(19)7-18)15-13-17-12-10(20-13)3-4-11(14)16-12/h3-4,8-9,19H,2,5-7H2,1H3,(H,15,16,17). The maximum Gasteiger partial charge on any atom is 0.297 e. The fourth-order valence-corrected chi connectivity index (χ4v) is 2.86. The molecule has 0 aliphatic carbocycles. The highest BCUT2D eigenvalue weighted by molar-refractivity contribution is 9.10. The summed E-state index contributed by atoms with van der Waals surface area (Å²) in [6.45, 7) is 4.63. The predicted octanol–water partition coefficient (Wildman–Crippen LogP) is 1.85. The Morgan fingerprint density at radius 1 is 1.45 bits per heavy atom. The second-order valence-electron chi connectivity index (χ2n) is 5.06. The van der Waals surface area contributed by atoms with Crippen LogP contribution in [-0.2, 0) is 0 Å². The van der Waals surface area contributed by atoms with Crippen LogP contribution in [0.3, 0.4) is 0 Å². The van der Waals surface area contributed by atoms with E-state index < -0.39 is 0 Å². The van der Waals surface area contributed by atoms with E-state index in [9.17, 15) is 5.11 Å². The zero-order valence-electron chi connectivity index (χ0n) is 11.2. The number of anilines is 1. The lowest BCUT2D eigenvalue weighted by Gasteiger charge is -2.34. The van der Waals surface area contributed by atoms with E-state index in [2.05, 4.69) is 43.0 Å². The molecule has 20 heavy (non-hydrogen) atoms. The summed E-state index contributed by atoms with van der Waals surface area (Å²) >= 11 is 3.31. The Kier molecular flexibility index (Phi) is 3.91. The van der Waals surface area contributed by atoms with Crippen molar-refractivity contribution in [3.05, 3.63) is 16.7 Å². The number of pyridine rings is 1. The molecule has 2 aromatic heterocycles. The highest BCUT2D eigenvalue weighted by atomic mass is 79.9. The minimum absolute atomic E-state index is 0.134. The SMILES string of the molecule is CCN1CC(O)CC(Nc2nc3nc(Br)ccc3o2)C1. The number of nitrogens with one attached hydrogen (secondary N) is 1. The lowest BCUT2D eigenvalue weighted by atomic mass is 10.0. The number of halogens is 1. The molecule has 108 valence electrons. The smallest absolute Gasteiger partial charge is 0.297 e. The average molecular weight is 341 g/mol. The molecule has 3 rings (SSSR count). The predicted molar refractivity (Wildman–Crippen MR) is 79.7 cm³/mol. The Balaban J connectivity index is 1.75. The van der Waals surface area contributed by atoms with Gasteiger partial charge < -0.3 is 14.8 Å². The van der Waals surface area contributed by atoms with Gasteiger partial charge in [0, 0.05) is 19.1 Å². The van der Waals surface area contributed by atoms with Crippen molar-refractivity contribution in [3.8, 4) is 0 Å². The van der Waals surface area contributed by atoms with Gasteiger partial charge >= 0.3 is 0 Å². The van der Waals surface area contributed by atoms with Crippen LogP contribution in [0.5, 0.6) is 0 Å². The van der Waals surface area contributed by atoms with Crippen molar-refractivity contribution in [2.24, 2.45) is 0 Å². The van der Waals surface area contributed by atoms with Gasteiger partial charge in [-0.15, -0.1) is 0 Å². The van der Waals surface area contributed by atoms with Crippen molar-refractivity contribution in [3.63, 3.8) is 0 Å². The minimum atomic E-state index is -0.308. The Hall–Kier alpha value is -1.18. The molecule has 3 heterocycles. The number of fused-ring (bicyclic) bond motifs is 1. The quantitative estimate of drug-likeness (QED) is 0.830. The molecule has 6 nitrogen and oxygen atoms in total. The van der Waals surface area contributed by atoms with Crippen LogP contribution >= 0.6 is 15.9 Å². The zero-order chi connectivity index (χ0) is 14.1. The van der Waals surface area contributed by atoms with Gasteiger partial charge in [0.05, 0.1) is 6.10 Å². The number of β-amino-alcohol motifs (C(OH)–C–C–N with tert-alkyl or cyclic N) is 1. The minimum Gasteiger partial charge on any atom is -0.422 e. The molecule has 2 aromatic rings. The number of aromatic nitrogens is 2. The van der Waals surface area contributed by atoms with Crippen LogP contribution in [0.4, 0.5) is 6.01 Å². The summed E-state index contributed by atoms with van der Waals surface area (Å²) in [5, 5.41) is 13.1. The molecule has 2 atom stereocenters. The number of nitrogens with zero attached hydrogens (tertiary/aromatic N) is 3. The molecule has 1 aliphatic rings. The van der Waals surface area contributed by atoms with Crippen molar-refractivity contribution >= 4 is 33.2 Å². The number of aliphatic hydroxyl groups is 1. The lowest BCUT2D eigenvalue weighted by molar-refractivity contribution is 0.0667. The van der Waals surface area contributed by atoms with Gasteiger partial charge in [-0.05, 0) is 41.0 Å². The number of likely N-dealkylation sites (N-methyl/N-ethyl adjacent to an activating group) is 1. The Morgan fingerprint density at radius 3 is 3.10 bits per heavy atom. The van der Waals surface area contributed by atoms with Crippen LogP contribution in [-0.4, -0.2) is 51.8 Å². The van der Waals surface area contributed by atoms with Gasteiger partial charge in [-0.2, -0.15) is 4.98 Å². The summed E-state index contributed by atoms with van der Waals surface area (Å²) in [5.41, 5.74) is 1.23. The third-order valence-electron chi connectivity index (χ3n) is 3.50. The van der Waals surface area contributed by atoms with E-state index in [-0.39, 0.29) is 12.1 Å². The van der Waals surface area contributed by atoms with Gasteiger partial charge in [0.1, 0.15) is 4.60 Å². The molecule has 2 unspecified atom stereocenters. The van der Waals surface area contributed by atoms with Gasteiger partial charge in [0.2, 0.25) is 5.65 Å². The van der Waals surface area contributed by atoms with E-state index in [0.717, 1.165) is 24.2 Å². The van der Waals surface area contributed by atoms with E-state index in [1.807, 2.05) is 12.1 Å². The molecule has 0 spiro atoms. The van der Waals surface area contributed by atoms with Crippen LogP contribution in [0.1, 0.15) is 13.3 Å². The van der Waals surface area contributed by atoms with E-state index in [0.29, 0.717) is 23.7 Å². The van der Waals surface area contributed by atoms with Gasteiger partial charge in [-0.25, -0.2) is 4.98 Å². The summed E-state index contributed by atoms with van der Waals surface area (Å²) in [7, 11) is 0. The number of hydrogen-bond acceptors (Lipinski definition) is 6. The van der Waals surface area contributed by atoms with E-state index >= 15 is 0 Å². The van der Waals surface area contributed by atoms with Crippen molar-refractivity contribution in [1.82, 2.24) is 14.9 Å². The number of likely N-dealkylation sites (tertiary alicyclic amines) is 1. The normalized spacial score (nSPS) is 24.1.